The lowest BCUT2D eigenvalue weighted by Crippen LogP contribution is -1.85. The summed E-state index contributed by atoms with van der Waals surface area (Å²) in [5.41, 5.74) is 2.58. The first-order chi connectivity index (χ1) is 7.22. The molecular weight excluding hydrogens is 256 g/mol. The molecule has 0 radical (unpaired) electrons. The number of benzene rings is 1. The summed E-state index contributed by atoms with van der Waals surface area (Å²) in [6.45, 7) is 2.01. The van der Waals surface area contributed by atoms with Crippen molar-refractivity contribution >= 4 is 22.2 Å². The molecule has 1 heterocycles. The minimum absolute atomic E-state index is 0.485. The highest BCUT2D eigenvalue weighted by Crippen LogP contribution is 2.28. The molecule has 0 fully saturated rings. The molecule has 0 amide bonds. The van der Waals surface area contributed by atoms with Crippen LogP contribution in [0.4, 0.5) is 0 Å². The molecule has 0 aliphatic heterocycles. The number of imidazole rings is 1. The number of halogens is 1. The highest BCUT2D eigenvalue weighted by molar-refractivity contribution is 9.10. The van der Waals surface area contributed by atoms with Crippen LogP contribution in [0, 0.1) is 6.92 Å². The van der Waals surface area contributed by atoms with Crippen molar-refractivity contribution in [2.45, 2.75) is 6.92 Å². The van der Waals surface area contributed by atoms with Crippen molar-refractivity contribution in [3.8, 4) is 11.4 Å². The van der Waals surface area contributed by atoms with Crippen molar-refractivity contribution in [3.63, 3.8) is 0 Å². The molecule has 0 saturated heterocycles. The van der Waals surface area contributed by atoms with Crippen molar-refractivity contribution in [2.24, 2.45) is 0 Å². The fourth-order valence-electron chi connectivity index (χ4n) is 1.36. The van der Waals surface area contributed by atoms with Crippen molar-refractivity contribution < 1.29 is 4.79 Å². The largest absolute Gasteiger partial charge is 0.336 e. The van der Waals surface area contributed by atoms with E-state index in [2.05, 4.69) is 25.9 Å². The van der Waals surface area contributed by atoms with Crippen LogP contribution in [0.1, 0.15) is 16.1 Å². The van der Waals surface area contributed by atoms with Crippen molar-refractivity contribution in [1.29, 1.82) is 0 Å². The second kappa shape index (κ2) is 3.98. The normalized spacial score (nSPS) is 10.3. The van der Waals surface area contributed by atoms with Gasteiger partial charge in [0.1, 0.15) is 5.82 Å². The second-order valence-electron chi connectivity index (χ2n) is 3.24. The fraction of sp³-hybridized carbons (Fsp3) is 0.0909. The van der Waals surface area contributed by atoms with Gasteiger partial charge in [-0.2, -0.15) is 0 Å². The van der Waals surface area contributed by atoms with Crippen LogP contribution in [-0.4, -0.2) is 16.3 Å². The number of nitrogens with one attached hydrogen (secondary N) is 1. The quantitative estimate of drug-likeness (QED) is 0.848. The lowest BCUT2D eigenvalue weighted by molar-refractivity contribution is 0.111. The van der Waals surface area contributed by atoms with E-state index in [4.69, 9.17) is 0 Å². The number of hydrogen-bond donors (Lipinski definition) is 1. The average molecular weight is 265 g/mol. The van der Waals surface area contributed by atoms with E-state index >= 15 is 0 Å². The smallest absolute Gasteiger partial charge is 0.167 e. The fourth-order valence-corrected chi connectivity index (χ4v) is 1.81. The Balaban J connectivity index is 2.53. The summed E-state index contributed by atoms with van der Waals surface area (Å²) in [6, 6.07) is 5.92. The molecule has 0 aliphatic carbocycles. The number of aldehydes is 1. The number of nitrogens with zero attached hydrogens (tertiary/aromatic N) is 1. The zero-order valence-electron chi connectivity index (χ0n) is 8.12. The van der Waals surface area contributed by atoms with Gasteiger partial charge in [0.25, 0.3) is 0 Å². The molecule has 0 atom stereocenters. The summed E-state index contributed by atoms with van der Waals surface area (Å²) in [5, 5.41) is 0. The SMILES string of the molecule is Cc1cccc(-c2ncc(C=O)[nH]2)c1Br. The van der Waals surface area contributed by atoms with Crippen LogP contribution >= 0.6 is 15.9 Å². The first-order valence-corrected chi connectivity index (χ1v) is 5.27. The maximum absolute atomic E-state index is 10.5. The van der Waals surface area contributed by atoms with E-state index in [1.54, 1.807) is 0 Å². The molecule has 0 spiro atoms. The number of carbonyl (C=O) groups is 1. The van der Waals surface area contributed by atoms with Gasteiger partial charge < -0.3 is 4.98 Å². The number of aromatic amines is 1. The second-order valence-corrected chi connectivity index (χ2v) is 4.03. The van der Waals surface area contributed by atoms with Gasteiger partial charge in [-0.05, 0) is 28.4 Å². The number of H-pyrrole nitrogens is 1. The molecule has 1 aromatic heterocycles. The van der Waals surface area contributed by atoms with E-state index in [1.165, 1.54) is 6.20 Å². The predicted molar refractivity (Wildman–Crippen MR) is 61.8 cm³/mol. The van der Waals surface area contributed by atoms with Gasteiger partial charge in [-0.1, -0.05) is 18.2 Å². The molecule has 3 nitrogen and oxygen atoms in total. The van der Waals surface area contributed by atoms with E-state index in [0.29, 0.717) is 11.5 Å². The summed E-state index contributed by atoms with van der Waals surface area (Å²) < 4.78 is 0.997. The Morgan fingerprint density at radius 1 is 1.47 bits per heavy atom. The van der Waals surface area contributed by atoms with E-state index in [9.17, 15) is 4.79 Å². The van der Waals surface area contributed by atoms with Gasteiger partial charge in [0.2, 0.25) is 0 Å². The Morgan fingerprint density at radius 2 is 2.27 bits per heavy atom. The third-order valence-electron chi connectivity index (χ3n) is 2.17. The highest BCUT2D eigenvalue weighted by atomic mass is 79.9. The maximum atomic E-state index is 10.5. The molecule has 1 N–H and O–H groups in total. The number of aromatic nitrogens is 2. The Kier molecular flexibility index (Phi) is 2.68. The van der Waals surface area contributed by atoms with Crippen LogP contribution in [0.5, 0.6) is 0 Å². The third kappa shape index (κ3) is 1.85. The summed E-state index contributed by atoms with van der Waals surface area (Å²) in [7, 11) is 0. The van der Waals surface area contributed by atoms with E-state index in [1.807, 2.05) is 25.1 Å². The third-order valence-corrected chi connectivity index (χ3v) is 3.22. The van der Waals surface area contributed by atoms with Crippen LogP contribution in [-0.2, 0) is 0 Å². The molecule has 0 aliphatic rings. The van der Waals surface area contributed by atoms with Crippen molar-refractivity contribution in [1.82, 2.24) is 9.97 Å². The molecule has 0 unspecified atom stereocenters. The molecule has 76 valence electrons. The standard InChI is InChI=1S/C11H9BrN2O/c1-7-3-2-4-9(10(7)12)11-13-5-8(6-15)14-11/h2-6H,1H3,(H,13,14). The van der Waals surface area contributed by atoms with Gasteiger partial charge in [-0.3, -0.25) is 4.79 Å². The molecule has 0 saturated carbocycles. The molecule has 1 aromatic carbocycles. The number of aryl methyl sites for hydroxylation is 1. The van der Waals surface area contributed by atoms with E-state index in [-0.39, 0.29) is 0 Å². The van der Waals surface area contributed by atoms with Crippen molar-refractivity contribution in [2.75, 3.05) is 0 Å². The zero-order valence-corrected chi connectivity index (χ0v) is 9.71. The lowest BCUT2D eigenvalue weighted by Gasteiger charge is -2.03. The van der Waals surface area contributed by atoms with Gasteiger partial charge in [0, 0.05) is 10.0 Å². The minimum atomic E-state index is 0.485. The maximum Gasteiger partial charge on any atom is 0.167 e. The van der Waals surface area contributed by atoms with Crippen LogP contribution in [0.2, 0.25) is 0 Å². The molecule has 2 aromatic rings. The number of hydrogen-bond acceptors (Lipinski definition) is 2. The molecular formula is C11H9BrN2O. The summed E-state index contributed by atoms with van der Waals surface area (Å²) in [4.78, 5) is 17.6. The van der Waals surface area contributed by atoms with Gasteiger partial charge >= 0.3 is 0 Å². The zero-order chi connectivity index (χ0) is 10.8. The monoisotopic (exact) mass is 264 g/mol. The van der Waals surface area contributed by atoms with Crippen molar-refractivity contribution in [3.05, 3.63) is 40.1 Å². The van der Waals surface area contributed by atoms with Gasteiger partial charge in [0.05, 0.1) is 11.9 Å². The first kappa shape index (κ1) is 10.1. The van der Waals surface area contributed by atoms with Gasteiger partial charge in [-0.25, -0.2) is 4.98 Å². The van der Waals surface area contributed by atoms with Crippen LogP contribution in [0.3, 0.4) is 0 Å². The Morgan fingerprint density at radius 3 is 2.93 bits per heavy atom. The number of rotatable bonds is 2. The van der Waals surface area contributed by atoms with Gasteiger partial charge in [0.15, 0.2) is 6.29 Å². The average Bonchev–Trinajstić information content (AvgIpc) is 2.70. The molecule has 2 rings (SSSR count). The topological polar surface area (TPSA) is 45.8 Å². The first-order valence-electron chi connectivity index (χ1n) is 4.48. The highest BCUT2D eigenvalue weighted by Gasteiger charge is 2.08. The van der Waals surface area contributed by atoms with E-state index < -0.39 is 0 Å². The number of carbonyl (C=O) groups excluding carboxylic acids is 1. The predicted octanol–water partition coefficient (Wildman–Crippen LogP) is 2.96. The Hall–Kier alpha value is -1.42. The Labute approximate surface area is 95.7 Å². The van der Waals surface area contributed by atoms with Crippen LogP contribution < -0.4 is 0 Å². The summed E-state index contributed by atoms with van der Waals surface area (Å²) >= 11 is 3.50. The minimum Gasteiger partial charge on any atom is -0.336 e. The molecule has 4 heteroatoms. The lowest BCUT2D eigenvalue weighted by atomic mass is 10.1. The molecule has 15 heavy (non-hydrogen) atoms. The summed E-state index contributed by atoms with van der Waals surface area (Å²) in [6.07, 6.45) is 2.28. The van der Waals surface area contributed by atoms with Crippen LogP contribution in [0.25, 0.3) is 11.4 Å². The Bertz CT molecular complexity index is 505. The van der Waals surface area contributed by atoms with Crippen LogP contribution in [0.15, 0.2) is 28.9 Å². The summed E-state index contributed by atoms with van der Waals surface area (Å²) in [5.74, 6) is 0.702. The van der Waals surface area contributed by atoms with E-state index in [0.717, 1.165) is 21.9 Å². The molecule has 0 bridgehead atoms. The van der Waals surface area contributed by atoms with Gasteiger partial charge in [-0.15, -0.1) is 0 Å².